The first-order chi connectivity index (χ1) is 5.81. The second-order valence-corrected chi connectivity index (χ2v) is 3.36. The van der Waals surface area contributed by atoms with Gasteiger partial charge in [-0.15, -0.1) is 6.58 Å². The van der Waals surface area contributed by atoms with Crippen LogP contribution in [0, 0.1) is 0 Å². The molecule has 1 N–H and O–H groups in total. The van der Waals surface area contributed by atoms with Crippen LogP contribution in [-0.2, 0) is 0 Å². The summed E-state index contributed by atoms with van der Waals surface area (Å²) in [6.07, 6.45) is 9.93. The number of aliphatic hydroxyl groups excluding tert-OH is 1. The Morgan fingerprint density at radius 1 is 1.17 bits per heavy atom. The van der Waals surface area contributed by atoms with Crippen LogP contribution in [0.4, 0.5) is 0 Å². The number of rotatable bonds is 8. The van der Waals surface area contributed by atoms with E-state index in [-0.39, 0.29) is 6.10 Å². The molecule has 0 saturated heterocycles. The molecule has 0 aromatic heterocycles. The van der Waals surface area contributed by atoms with Gasteiger partial charge in [0.05, 0.1) is 6.10 Å². The van der Waals surface area contributed by atoms with E-state index < -0.39 is 0 Å². The molecule has 0 rings (SSSR count). The number of aliphatic hydroxyl groups is 1. The van der Waals surface area contributed by atoms with Crippen molar-refractivity contribution in [1.82, 2.24) is 0 Å². The first-order valence-electron chi connectivity index (χ1n) is 5.12. The lowest BCUT2D eigenvalue weighted by Gasteiger charge is -2.03. The summed E-state index contributed by atoms with van der Waals surface area (Å²) in [7, 11) is 0. The van der Waals surface area contributed by atoms with Gasteiger partial charge in [-0.1, -0.05) is 51.5 Å². The highest BCUT2D eigenvalue weighted by Crippen LogP contribution is 2.08. The minimum absolute atomic E-state index is 0.281. The summed E-state index contributed by atoms with van der Waals surface area (Å²) in [6, 6.07) is 0. The van der Waals surface area contributed by atoms with E-state index in [2.05, 4.69) is 13.5 Å². The van der Waals surface area contributed by atoms with Crippen LogP contribution in [0.3, 0.4) is 0 Å². The molecule has 0 fully saturated rings. The second kappa shape index (κ2) is 8.79. The van der Waals surface area contributed by atoms with Crippen molar-refractivity contribution in [2.24, 2.45) is 0 Å². The summed E-state index contributed by atoms with van der Waals surface area (Å²) >= 11 is 0. The van der Waals surface area contributed by atoms with Crippen molar-refractivity contribution < 1.29 is 5.11 Å². The minimum atomic E-state index is -0.281. The molecule has 0 aromatic rings. The van der Waals surface area contributed by atoms with E-state index in [4.69, 9.17) is 5.11 Å². The summed E-state index contributed by atoms with van der Waals surface area (Å²) in [5, 5.41) is 9.14. The van der Waals surface area contributed by atoms with Crippen LogP contribution in [0.5, 0.6) is 0 Å². The molecule has 1 heteroatoms. The van der Waals surface area contributed by atoms with Gasteiger partial charge in [0.15, 0.2) is 0 Å². The Labute approximate surface area is 76.5 Å². The Kier molecular flexibility index (Phi) is 8.57. The van der Waals surface area contributed by atoms with Crippen LogP contribution in [-0.4, -0.2) is 11.2 Å². The van der Waals surface area contributed by atoms with E-state index in [0.29, 0.717) is 0 Å². The predicted molar refractivity (Wildman–Crippen MR) is 54.2 cm³/mol. The van der Waals surface area contributed by atoms with Gasteiger partial charge in [-0.25, -0.2) is 0 Å². The molecule has 0 bridgehead atoms. The molecule has 0 unspecified atom stereocenters. The van der Waals surface area contributed by atoms with Crippen molar-refractivity contribution in [3.63, 3.8) is 0 Å². The van der Waals surface area contributed by atoms with E-state index in [1.165, 1.54) is 32.1 Å². The fraction of sp³-hybridized carbons (Fsp3) is 0.818. The standard InChI is InChI=1S/C11H22O/c1-3-5-6-7-8-9-10-11(12)4-2/h4,11-12H,2-3,5-10H2,1H3/t11-/m0/s1. The Morgan fingerprint density at radius 3 is 2.33 bits per heavy atom. The first-order valence-corrected chi connectivity index (χ1v) is 5.12. The Bertz CT molecular complexity index is 99.2. The van der Waals surface area contributed by atoms with E-state index in [9.17, 15) is 0 Å². The molecule has 0 spiro atoms. The molecule has 1 nitrogen and oxygen atoms in total. The van der Waals surface area contributed by atoms with Gasteiger partial charge in [-0.3, -0.25) is 0 Å². The molecule has 12 heavy (non-hydrogen) atoms. The molecular weight excluding hydrogens is 148 g/mol. The van der Waals surface area contributed by atoms with Gasteiger partial charge in [0.2, 0.25) is 0 Å². The van der Waals surface area contributed by atoms with Crippen molar-refractivity contribution in [2.75, 3.05) is 0 Å². The van der Waals surface area contributed by atoms with Crippen molar-refractivity contribution in [3.05, 3.63) is 12.7 Å². The third-order valence-corrected chi connectivity index (χ3v) is 2.13. The summed E-state index contributed by atoms with van der Waals surface area (Å²) in [6.45, 7) is 5.76. The summed E-state index contributed by atoms with van der Waals surface area (Å²) in [4.78, 5) is 0. The summed E-state index contributed by atoms with van der Waals surface area (Å²) in [5.74, 6) is 0. The van der Waals surface area contributed by atoms with Crippen LogP contribution >= 0.6 is 0 Å². The topological polar surface area (TPSA) is 20.2 Å². The average Bonchev–Trinajstić information content (AvgIpc) is 2.10. The normalized spacial score (nSPS) is 12.8. The van der Waals surface area contributed by atoms with Crippen LogP contribution in [0.15, 0.2) is 12.7 Å². The first kappa shape index (κ1) is 11.7. The molecule has 0 aliphatic carbocycles. The smallest absolute Gasteiger partial charge is 0.0718 e. The molecule has 0 aliphatic heterocycles. The quantitative estimate of drug-likeness (QED) is 0.438. The maximum atomic E-state index is 9.14. The Balaban J connectivity index is 2.95. The third-order valence-electron chi connectivity index (χ3n) is 2.13. The molecule has 0 amide bonds. The SMILES string of the molecule is C=C[C@H](O)CCCCCCCC. The third kappa shape index (κ3) is 7.80. The lowest BCUT2D eigenvalue weighted by atomic mass is 10.1. The van der Waals surface area contributed by atoms with Crippen LogP contribution < -0.4 is 0 Å². The molecule has 1 atom stereocenters. The lowest BCUT2D eigenvalue weighted by molar-refractivity contribution is 0.208. The average molecular weight is 170 g/mol. The minimum Gasteiger partial charge on any atom is -0.389 e. The maximum absolute atomic E-state index is 9.14. The van der Waals surface area contributed by atoms with Crippen LogP contribution in [0.2, 0.25) is 0 Å². The number of hydrogen-bond acceptors (Lipinski definition) is 1. The van der Waals surface area contributed by atoms with Crippen molar-refractivity contribution >= 4 is 0 Å². The molecule has 0 saturated carbocycles. The van der Waals surface area contributed by atoms with E-state index in [1.54, 1.807) is 6.08 Å². The maximum Gasteiger partial charge on any atom is 0.0718 e. The summed E-state index contributed by atoms with van der Waals surface area (Å²) < 4.78 is 0. The van der Waals surface area contributed by atoms with Gasteiger partial charge in [0.1, 0.15) is 0 Å². The van der Waals surface area contributed by atoms with Gasteiger partial charge in [0.25, 0.3) is 0 Å². The van der Waals surface area contributed by atoms with Gasteiger partial charge < -0.3 is 5.11 Å². The fourth-order valence-electron chi connectivity index (χ4n) is 1.25. The predicted octanol–water partition coefficient (Wildman–Crippen LogP) is 3.28. The molecule has 0 radical (unpaired) electrons. The molecule has 0 aliphatic rings. The number of hydrogen-bond donors (Lipinski definition) is 1. The van der Waals surface area contributed by atoms with Crippen molar-refractivity contribution in [1.29, 1.82) is 0 Å². The highest BCUT2D eigenvalue weighted by molar-refractivity contribution is 4.77. The number of unbranched alkanes of at least 4 members (excludes halogenated alkanes) is 5. The van der Waals surface area contributed by atoms with E-state index in [1.807, 2.05) is 0 Å². The highest BCUT2D eigenvalue weighted by atomic mass is 16.3. The second-order valence-electron chi connectivity index (χ2n) is 3.36. The van der Waals surface area contributed by atoms with Gasteiger partial charge in [-0.05, 0) is 6.42 Å². The molecule has 72 valence electrons. The zero-order chi connectivity index (χ0) is 9.23. The van der Waals surface area contributed by atoms with E-state index >= 15 is 0 Å². The largest absolute Gasteiger partial charge is 0.389 e. The zero-order valence-electron chi connectivity index (χ0n) is 8.26. The van der Waals surface area contributed by atoms with Crippen LogP contribution in [0.1, 0.15) is 51.9 Å². The Morgan fingerprint density at radius 2 is 1.75 bits per heavy atom. The zero-order valence-corrected chi connectivity index (χ0v) is 8.26. The van der Waals surface area contributed by atoms with E-state index in [0.717, 1.165) is 12.8 Å². The molecule has 0 heterocycles. The van der Waals surface area contributed by atoms with Crippen LogP contribution in [0.25, 0.3) is 0 Å². The fourth-order valence-corrected chi connectivity index (χ4v) is 1.25. The van der Waals surface area contributed by atoms with Crippen molar-refractivity contribution in [3.8, 4) is 0 Å². The molecule has 0 aromatic carbocycles. The lowest BCUT2D eigenvalue weighted by Crippen LogP contribution is -2.00. The van der Waals surface area contributed by atoms with Gasteiger partial charge in [0, 0.05) is 0 Å². The Hall–Kier alpha value is -0.300. The summed E-state index contributed by atoms with van der Waals surface area (Å²) in [5.41, 5.74) is 0. The monoisotopic (exact) mass is 170 g/mol. The van der Waals surface area contributed by atoms with Gasteiger partial charge >= 0.3 is 0 Å². The van der Waals surface area contributed by atoms with Gasteiger partial charge in [-0.2, -0.15) is 0 Å². The van der Waals surface area contributed by atoms with Crippen molar-refractivity contribution in [2.45, 2.75) is 58.0 Å². The molecular formula is C11H22O. The highest BCUT2D eigenvalue weighted by Gasteiger charge is 1.96.